The molecule has 0 saturated carbocycles. The van der Waals surface area contributed by atoms with Gasteiger partial charge in [-0.3, -0.25) is 0 Å². The Kier molecular flexibility index (Phi) is 6.75. The summed E-state index contributed by atoms with van der Waals surface area (Å²) in [4.78, 5) is 0. The Bertz CT molecular complexity index is 1280. The van der Waals surface area contributed by atoms with E-state index in [9.17, 15) is 0 Å². The topological polar surface area (TPSA) is 61.2 Å². The molecule has 0 fully saturated rings. The summed E-state index contributed by atoms with van der Waals surface area (Å²) in [6.45, 7) is 9.53. The van der Waals surface area contributed by atoms with E-state index in [1.54, 1.807) is 7.11 Å². The lowest BCUT2D eigenvalue weighted by molar-refractivity contribution is 0.336. The van der Waals surface area contributed by atoms with Crippen molar-refractivity contribution in [3.63, 3.8) is 0 Å². The summed E-state index contributed by atoms with van der Waals surface area (Å²) in [6, 6.07) is 13.9. The molecule has 0 aliphatic rings. The first-order valence-corrected chi connectivity index (χ1v) is 11.5. The fourth-order valence-corrected chi connectivity index (χ4v) is 4.48. The van der Waals surface area contributed by atoms with Crippen LogP contribution in [0.15, 0.2) is 42.5 Å². The number of halogens is 1. The van der Waals surface area contributed by atoms with Crippen LogP contribution >= 0.6 is 11.6 Å². The van der Waals surface area contributed by atoms with E-state index in [0.717, 1.165) is 68.8 Å². The standard InChI is InChI=1S/C26H29ClN4O2/c1-6-33-21-11-12-22(23(15-21)32-5)31-17(3)24-16(2)29-30-26(25(24)18(31)4)28-14-13-19-7-9-20(27)10-8-19/h7-12,15H,6,13-14H2,1-5H3,(H,28,30). The van der Waals surface area contributed by atoms with E-state index in [0.29, 0.717) is 6.61 Å². The molecule has 0 saturated heterocycles. The van der Waals surface area contributed by atoms with Gasteiger partial charge in [-0.15, -0.1) is 5.10 Å². The van der Waals surface area contributed by atoms with Crippen molar-refractivity contribution in [2.45, 2.75) is 34.1 Å². The van der Waals surface area contributed by atoms with Gasteiger partial charge in [0.25, 0.3) is 0 Å². The molecule has 0 amide bonds. The zero-order valence-corrected chi connectivity index (χ0v) is 20.5. The van der Waals surface area contributed by atoms with Crippen LogP contribution < -0.4 is 14.8 Å². The number of nitrogens with one attached hydrogen (secondary N) is 1. The van der Waals surface area contributed by atoms with E-state index in [-0.39, 0.29) is 0 Å². The van der Waals surface area contributed by atoms with Gasteiger partial charge in [0.15, 0.2) is 5.82 Å². The maximum Gasteiger partial charge on any atom is 0.158 e. The number of rotatable bonds is 8. The lowest BCUT2D eigenvalue weighted by atomic mass is 10.1. The van der Waals surface area contributed by atoms with Crippen LogP contribution in [0, 0.1) is 20.8 Å². The molecule has 2 aromatic carbocycles. The van der Waals surface area contributed by atoms with Crippen LogP contribution in [0.4, 0.5) is 5.82 Å². The number of methoxy groups -OCH3 is 1. The highest BCUT2D eigenvalue weighted by molar-refractivity contribution is 6.30. The van der Waals surface area contributed by atoms with Crippen LogP contribution in [0.2, 0.25) is 5.02 Å². The average Bonchev–Trinajstić information content (AvgIpc) is 3.08. The first kappa shape index (κ1) is 22.9. The summed E-state index contributed by atoms with van der Waals surface area (Å²) in [5.41, 5.74) is 5.25. The number of fused-ring (bicyclic) bond motifs is 1. The van der Waals surface area contributed by atoms with Crippen LogP contribution in [0.3, 0.4) is 0 Å². The van der Waals surface area contributed by atoms with Gasteiger partial charge in [0, 0.05) is 39.8 Å². The fraction of sp³-hybridized carbons (Fsp3) is 0.308. The molecule has 0 radical (unpaired) electrons. The van der Waals surface area contributed by atoms with Gasteiger partial charge in [-0.1, -0.05) is 23.7 Å². The molecule has 0 aliphatic carbocycles. The zero-order valence-electron chi connectivity index (χ0n) is 19.7. The third kappa shape index (κ3) is 4.48. The molecule has 0 aliphatic heterocycles. The van der Waals surface area contributed by atoms with E-state index in [4.69, 9.17) is 21.1 Å². The third-order valence-corrected chi connectivity index (χ3v) is 6.12. The van der Waals surface area contributed by atoms with Crippen molar-refractivity contribution in [2.24, 2.45) is 0 Å². The monoisotopic (exact) mass is 464 g/mol. The molecule has 0 atom stereocenters. The molecule has 2 aromatic heterocycles. The van der Waals surface area contributed by atoms with Crippen molar-refractivity contribution in [2.75, 3.05) is 25.6 Å². The van der Waals surface area contributed by atoms with Crippen LogP contribution in [0.5, 0.6) is 11.5 Å². The molecule has 7 heteroatoms. The van der Waals surface area contributed by atoms with Crippen LogP contribution in [-0.4, -0.2) is 35.0 Å². The van der Waals surface area contributed by atoms with Crippen LogP contribution in [0.25, 0.3) is 16.5 Å². The number of nitrogens with zero attached hydrogens (tertiary/aromatic N) is 3. The minimum absolute atomic E-state index is 0.607. The molecule has 0 bridgehead atoms. The highest BCUT2D eigenvalue weighted by Gasteiger charge is 2.21. The minimum atomic E-state index is 0.607. The maximum atomic E-state index is 6.00. The summed E-state index contributed by atoms with van der Waals surface area (Å²) in [6.07, 6.45) is 0.861. The number of aryl methyl sites for hydroxylation is 3. The van der Waals surface area contributed by atoms with Gasteiger partial charge in [-0.2, -0.15) is 5.10 Å². The van der Waals surface area contributed by atoms with E-state index in [1.807, 2.05) is 56.3 Å². The predicted molar refractivity (Wildman–Crippen MR) is 134 cm³/mol. The number of hydrogen-bond donors (Lipinski definition) is 1. The Labute approximate surface area is 199 Å². The molecular formula is C26H29ClN4O2. The first-order valence-electron chi connectivity index (χ1n) is 11.1. The van der Waals surface area contributed by atoms with Crippen molar-refractivity contribution in [1.29, 1.82) is 0 Å². The summed E-state index contributed by atoms with van der Waals surface area (Å²) in [5.74, 6) is 2.33. The van der Waals surface area contributed by atoms with E-state index in [1.165, 1.54) is 5.56 Å². The fourth-order valence-electron chi connectivity index (χ4n) is 4.35. The molecule has 0 unspecified atom stereocenters. The predicted octanol–water partition coefficient (Wildman–Crippen LogP) is 6.06. The summed E-state index contributed by atoms with van der Waals surface area (Å²) < 4.78 is 13.6. The molecule has 4 aromatic rings. The van der Waals surface area contributed by atoms with Gasteiger partial charge in [0.05, 0.1) is 25.1 Å². The molecule has 0 spiro atoms. The van der Waals surface area contributed by atoms with Crippen molar-refractivity contribution in [3.05, 3.63) is 70.1 Å². The Morgan fingerprint density at radius 3 is 2.39 bits per heavy atom. The summed E-state index contributed by atoms with van der Waals surface area (Å²) in [7, 11) is 1.68. The van der Waals surface area contributed by atoms with Crippen LogP contribution in [-0.2, 0) is 6.42 Å². The third-order valence-electron chi connectivity index (χ3n) is 5.87. The maximum absolute atomic E-state index is 6.00. The van der Waals surface area contributed by atoms with Gasteiger partial charge < -0.3 is 19.4 Å². The first-order chi connectivity index (χ1) is 15.9. The minimum Gasteiger partial charge on any atom is -0.494 e. The molecule has 172 valence electrons. The molecule has 6 nitrogen and oxygen atoms in total. The second kappa shape index (κ2) is 9.71. The largest absolute Gasteiger partial charge is 0.494 e. The quantitative estimate of drug-likeness (QED) is 0.343. The van der Waals surface area contributed by atoms with Crippen molar-refractivity contribution >= 4 is 28.2 Å². The number of benzene rings is 2. The highest BCUT2D eigenvalue weighted by atomic mass is 35.5. The zero-order chi connectivity index (χ0) is 23.5. The van der Waals surface area contributed by atoms with E-state index in [2.05, 4.69) is 33.9 Å². The Morgan fingerprint density at radius 1 is 0.970 bits per heavy atom. The summed E-state index contributed by atoms with van der Waals surface area (Å²) >= 11 is 6.00. The second-order valence-electron chi connectivity index (χ2n) is 7.96. The Balaban J connectivity index is 1.73. The Morgan fingerprint density at radius 2 is 1.70 bits per heavy atom. The molecule has 33 heavy (non-hydrogen) atoms. The van der Waals surface area contributed by atoms with E-state index < -0.39 is 0 Å². The van der Waals surface area contributed by atoms with Crippen LogP contribution in [0.1, 0.15) is 29.6 Å². The molecule has 4 rings (SSSR count). The smallest absolute Gasteiger partial charge is 0.158 e. The number of aromatic nitrogens is 3. The van der Waals surface area contributed by atoms with Gasteiger partial charge in [-0.25, -0.2) is 0 Å². The lowest BCUT2D eigenvalue weighted by Gasteiger charge is -2.15. The summed E-state index contributed by atoms with van der Waals surface area (Å²) in [5, 5.41) is 15.4. The van der Waals surface area contributed by atoms with Crippen molar-refractivity contribution in [3.8, 4) is 17.2 Å². The molecular weight excluding hydrogens is 436 g/mol. The van der Waals surface area contributed by atoms with Gasteiger partial charge >= 0.3 is 0 Å². The molecule has 2 heterocycles. The van der Waals surface area contributed by atoms with Gasteiger partial charge in [0.1, 0.15) is 11.5 Å². The number of hydrogen-bond acceptors (Lipinski definition) is 5. The Hall–Kier alpha value is -3.25. The highest BCUT2D eigenvalue weighted by Crippen LogP contribution is 2.37. The molecule has 1 N–H and O–H groups in total. The number of anilines is 1. The average molecular weight is 465 g/mol. The van der Waals surface area contributed by atoms with E-state index >= 15 is 0 Å². The lowest BCUT2D eigenvalue weighted by Crippen LogP contribution is -2.08. The SMILES string of the molecule is CCOc1ccc(-n2c(C)c3c(C)nnc(NCCc4ccc(Cl)cc4)c3c2C)c(OC)c1. The van der Waals surface area contributed by atoms with Crippen molar-refractivity contribution in [1.82, 2.24) is 14.8 Å². The van der Waals surface area contributed by atoms with Gasteiger partial charge in [-0.05, 0) is 63.9 Å². The number of ether oxygens (including phenoxy) is 2. The van der Waals surface area contributed by atoms with Crippen molar-refractivity contribution < 1.29 is 9.47 Å². The normalized spacial score (nSPS) is 11.1. The van der Waals surface area contributed by atoms with Gasteiger partial charge in [0.2, 0.25) is 0 Å². The second-order valence-corrected chi connectivity index (χ2v) is 8.40.